The third-order valence-corrected chi connectivity index (χ3v) is 3.36. The lowest BCUT2D eigenvalue weighted by molar-refractivity contribution is -0.196. The number of nitrogens with one attached hydrogen (secondary N) is 2. The molecule has 2 heterocycles. The number of piperidine rings is 1. The fraction of sp³-hybridized carbons (Fsp3) is 0.909. The van der Waals surface area contributed by atoms with Crippen LogP contribution < -0.4 is 10.6 Å². The van der Waals surface area contributed by atoms with Crippen molar-refractivity contribution in [2.24, 2.45) is 0 Å². The molecule has 92 valence electrons. The average Bonchev–Trinajstić information content (AvgIpc) is 2.28. The zero-order valence-electron chi connectivity index (χ0n) is 10.4. The monoisotopic (exact) mass is 227 g/mol. The van der Waals surface area contributed by atoms with Crippen molar-refractivity contribution in [2.45, 2.75) is 57.3 Å². The Morgan fingerprint density at radius 1 is 1.19 bits per heavy atom. The van der Waals surface area contributed by atoms with Crippen molar-refractivity contribution in [2.75, 3.05) is 6.54 Å². The molecule has 0 radical (unpaired) electrons. The normalized spacial score (nSPS) is 31.1. The first-order valence-corrected chi connectivity index (χ1v) is 5.72. The van der Waals surface area contributed by atoms with Gasteiger partial charge < -0.3 is 5.32 Å². The van der Waals surface area contributed by atoms with E-state index in [4.69, 9.17) is 0 Å². The molecule has 1 spiro atoms. The van der Waals surface area contributed by atoms with Crippen LogP contribution in [0, 0.1) is 0 Å². The quantitative estimate of drug-likeness (QED) is 0.526. The van der Waals surface area contributed by atoms with Gasteiger partial charge in [0.2, 0.25) is 0 Å². The van der Waals surface area contributed by atoms with Gasteiger partial charge in [0.05, 0.1) is 6.54 Å². The number of hydroxylamine groups is 2. The summed E-state index contributed by atoms with van der Waals surface area (Å²) in [5.41, 5.74) is -0.823. The molecule has 2 aliphatic heterocycles. The Balaban J connectivity index is 2.32. The van der Waals surface area contributed by atoms with E-state index in [0.29, 0.717) is 12.8 Å². The van der Waals surface area contributed by atoms with Crippen LogP contribution in [0.1, 0.15) is 40.5 Å². The van der Waals surface area contributed by atoms with Gasteiger partial charge >= 0.3 is 0 Å². The summed E-state index contributed by atoms with van der Waals surface area (Å²) < 4.78 is 0. The van der Waals surface area contributed by atoms with Gasteiger partial charge in [-0.25, -0.2) is 5.06 Å². The molecule has 0 bridgehead atoms. The van der Waals surface area contributed by atoms with Crippen molar-refractivity contribution in [3.63, 3.8) is 0 Å². The summed E-state index contributed by atoms with van der Waals surface area (Å²) in [4.78, 5) is 11.5. The Labute approximate surface area is 96.1 Å². The molecule has 0 unspecified atom stereocenters. The maximum absolute atomic E-state index is 11.5. The van der Waals surface area contributed by atoms with Gasteiger partial charge in [-0.2, -0.15) is 0 Å². The first kappa shape index (κ1) is 11.8. The summed E-state index contributed by atoms with van der Waals surface area (Å²) in [6, 6.07) is 0. The topological polar surface area (TPSA) is 64.6 Å². The number of amides is 1. The molecule has 0 aromatic rings. The highest BCUT2D eigenvalue weighted by atomic mass is 16.5. The second-order valence-electron chi connectivity index (χ2n) is 6.34. The van der Waals surface area contributed by atoms with E-state index >= 15 is 0 Å². The molecular weight excluding hydrogens is 206 g/mol. The van der Waals surface area contributed by atoms with Gasteiger partial charge in [-0.3, -0.25) is 15.3 Å². The molecule has 1 amide bonds. The largest absolute Gasteiger partial charge is 0.307 e. The molecule has 2 fully saturated rings. The minimum atomic E-state index is -0.602. The van der Waals surface area contributed by atoms with Crippen LogP contribution in [-0.2, 0) is 4.79 Å². The second-order valence-corrected chi connectivity index (χ2v) is 6.34. The zero-order valence-corrected chi connectivity index (χ0v) is 10.4. The average molecular weight is 227 g/mol. The first-order valence-electron chi connectivity index (χ1n) is 5.72. The Bertz CT molecular complexity index is 309. The Kier molecular flexibility index (Phi) is 2.35. The fourth-order valence-electron chi connectivity index (χ4n) is 3.43. The van der Waals surface area contributed by atoms with Gasteiger partial charge in [-0.05, 0) is 27.7 Å². The Morgan fingerprint density at radius 3 is 2.06 bits per heavy atom. The zero-order chi connectivity index (χ0) is 12.2. The Morgan fingerprint density at radius 2 is 1.69 bits per heavy atom. The molecule has 2 saturated heterocycles. The van der Waals surface area contributed by atoms with E-state index < -0.39 is 5.66 Å². The first-order chi connectivity index (χ1) is 7.16. The number of carbonyl (C=O) groups excluding carboxylic acids is 1. The molecule has 0 atom stereocenters. The lowest BCUT2D eigenvalue weighted by Crippen LogP contribution is -2.69. The number of rotatable bonds is 0. The van der Waals surface area contributed by atoms with Crippen LogP contribution in [0.4, 0.5) is 0 Å². The van der Waals surface area contributed by atoms with Crippen molar-refractivity contribution < 1.29 is 10.0 Å². The molecule has 0 saturated carbocycles. The second kappa shape index (κ2) is 3.18. The third-order valence-electron chi connectivity index (χ3n) is 3.36. The van der Waals surface area contributed by atoms with Crippen LogP contribution in [0.3, 0.4) is 0 Å². The molecule has 5 nitrogen and oxygen atoms in total. The van der Waals surface area contributed by atoms with Gasteiger partial charge in [0.15, 0.2) is 0 Å². The van der Waals surface area contributed by atoms with E-state index in [-0.39, 0.29) is 23.5 Å². The van der Waals surface area contributed by atoms with Crippen molar-refractivity contribution >= 4 is 5.91 Å². The van der Waals surface area contributed by atoms with Crippen molar-refractivity contribution in [1.82, 2.24) is 15.7 Å². The highest BCUT2D eigenvalue weighted by Crippen LogP contribution is 2.39. The molecule has 3 N–H and O–H groups in total. The smallest absolute Gasteiger partial charge is 0.261 e. The van der Waals surface area contributed by atoms with Crippen LogP contribution >= 0.6 is 0 Å². The third kappa shape index (κ3) is 1.83. The van der Waals surface area contributed by atoms with Crippen molar-refractivity contribution in [3.8, 4) is 0 Å². The van der Waals surface area contributed by atoms with E-state index in [1.807, 2.05) is 0 Å². The van der Waals surface area contributed by atoms with E-state index in [9.17, 15) is 10.0 Å². The lowest BCUT2D eigenvalue weighted by atomic mass is 9.75. The van der Waals surface area contributed by atoms with Crippen LogP contribution in [0.25, 0.3) is 0 Å². The number of carbonyl (C=O) groups is 1. The van der Waals surface area contributed by atoms with Crippen LogP contribution in [-0.4, -0.2) is 39.5 Å². The predicted octanol–water partition coefficient (Wildman–Crippen LogP) is 0.444. The lowest BCUT2D eigenvalue weighted by Gasteiger charge is -2.52. The van der Waals surface area contributed by atoms with Crippen LogP contribution in [0.5, 0.6) is 0 Å². The molecular formula is C11H21N3O2. The van der Waals surface area contributed by atoms with E-state index in [0.717, 1.165) is 5.06 Å². The summed E-state index contributed by atoms with van der Waals surface area (Å²) in [7, 11) is 0. The van der Waals surface area contributed by atoms with Crippen LogP contribution in [0.2, 0.25) is 0 Å². The fourth-order valence-corrected chi connectivity index (χ4v) is 3.43. The predicted molar refractivity (Wildman–Crippen MR) is 59.9 cm³/mol. The number of nitrogens with zero attached hydrogens (tertiary/aromatic N) is 1. The molecule has 16 heavy (non-hydrogen) atoms. The standard InChI is InChI=1S/C11H21N3O2/c1-9(2)6-11(7-10(3,4)13-9)12-5-8(15)14(11)16/h12-13,16H,5-7H2,1-4H3. The summed E-state index contributed by atoms with van der Waals surface area (Å²) in [5, 5.41) is 17.5. The minimum absolute atomic E-state index is 0.111. The summed E-state index contributed by atoms with van der Waals surface area (Å²) >= 11 is 0. The summed E-state index contributed by atoms with van der Waals surface area (Å²) in [5.74, 6) is -0.242. The molecule has 2 rings (SSSR count). The van der Waals surface area contributed by atoms with Crippen LogP contribution in [0.15, 0.2) is 0 Å². The molecule has 5 heteroatoms. The minimum Gasteiger partial charge on any atom is -0.307 e. The number of hydrogen-bond donors (Lipinski definition) is 3. The summed E-state index contributed by atoms with van der Waals surface area (Å²) in [6.07, 6.45) is 1.40. The van der Waals surface area contributed by atoms with Gasteiger partial charge in [0.1, 0.15) is 5.66 Å². The molecule has 0 aromatic heterocycles. The Hall–Kier alpha value is -0.650. The summed E-state index contributed by atoms with van der Waals surface area (Å²) in [6.45, 7) is 8.59. The van der Waals surface area contributed by atoms with Gasteiger partial charge in [-0.15, -0.1) is 0 Å². The SMILES string of the molecule is CC1(C)CC2(CC(C)(C)N1)NCC(=O)N2O. The molecule has 0 aromatic carbocycles. The number of hydrogen-bond acceptors (Lipinski definition) is 4. The highest BCUT2D eigenvalue weighted by molar-refractivity contribution is 5.80. The highest BCUT2D eigenvalue weighted by Gasteiger charge is 2.54. The van der Waals surface area contributed by atoms with E-state index in [2.05, 4.69) is 38.3 Å². The van der Waals surface area contributed by atoms with E-state index in [1.165, 1.54) is 0 Å². The molecule has 2 aliphatic rings. The van der Waals surface area contributed by atoms with Gasteiger partial charge in [-0.1, -0.05) is 0 Å². The maximum Gasteiger partial charge on any atom is 0.261 e. The molecule has 0 aliphatic carbocycles. The van der Waals surface area contributed by atoms with Crippen molar-refractivity contribution in [3.05, 3.63) is 0 Å². The van der Waals surface area contributed by atoms with Gasteiger partial charge in [0, 0.05) is 23.9 Å². The van der Waals surface area contributed by atoms with E-state index in [1.54, 1.807) is 0 Å². The van der Waals surface area contributed by atoms with Crippen molar-refractivity contribution in [1.29, 1.82) is 0 Å². The van der Waals surface area contributed by atoms with Gasteiger partial charge in [0.25, 0.3) is 5.91 Å². The maximum atomic E-state index is 11.5.